The molecule has 0 saturated carbocycles. The number of aromatic nitrogens is 4. The van der Waals surface area contributed by atoms with Crippen molar-refractivity contribution in [2.24, 2.45) is 0 Å². The van der Waals surface area contributed by atoms with E-state index < -0.39 is 12.1 Å². The van der Waals surface area contributed by atoms with Crippen molar-refractivity contribution < 1.29 is 5.11 Å². The van der Waals surface area contributed by atoms with Crippen LogP contribution in [0.15, 0.2) is 65.5 Å². The van der Waals surface area contributed by atoms with E-state index >= 15 is 0 Å². The molecule has 0 spiro atoms. The lowest BCUT2D eigenvalue weighted by molar-refractivity contribution is 0.0838. The van der Waals surface area contributed by atoms with Crippen molar-refractivity contribution in [1.29, 1.82) is 0 Å². The molecule has 0 radical (unpaired) electrons. The molecule has 0 amide bonds. The maximum Gasteiger partial charge on any atom is 0.184 e. The van der Waals surface area contributed by atoms with Crippen LogP contribution in [0.3, 0.4) is 0 Å². The van der Waals surface area contributed by atoms with Gasteiger partial charge in [0.1, 0.15) is 6.04 Å². The minimum Gasteiger partial charge on any atom is -0.390 e. The summed E-state index contributed by atoms with van der Waals surface area (Å²) in [6.07, 6.45) is -0.263. The Labute approximate surface area is 170 Å². The second-order valence-electron chi connectivity index (χ2n) is 8.11. The Kier molecular flexibility index (Phi) is 2.96. The quantitative estimate of drug-likeness (QED) is 0.410. The molecule has 6 nitrogen and oxygen atoms in total. The summed E-state index contributed by atoms with van der Waals surface area (Å²) in [5, 5.41) is 11.4. The van der Waals surface area contributed by atoms with Crippen LogP contribution in [0, 0.1) is 0 Å². The zero-order valence-electron chi connectivity index (χ0n) is 15.9. The molecule has 3 heterocycles. The largest absolute Gasteiger partial charge is 0.390 e. The summed E-state index contributed by atoms with van der Waals surface area (Å²) in [5.41, 5.74) is 7.11. The summed E-state index contributed by atoms with van der Waals surface area (Å²) in [7, 11) is 0. The van der Waals surface area contributed by atoms with Crippen LogP contribution in [0.25, 0.3) is 33.5 Å². The summed E-state index contributed by atoms with van der Waals surface area (Å²) >= 11 is 0. The summed E-state index contributed by atoms with van der Waals surface area (Å²) in [6.45, 7) is 0. The van der Waals surface area contributed by atoms with Crippen LogP contribution in [0.1, 0.15) is 28.9 Å². The predicted molar refractivity (Wildman–Crippen MR) is 113 cm³/mol. The van der Waals surface area contributed by atoms with Crippen molar-refractivity contribution in [3.63, 3.8) is 0 Å². The van der Waals surface area contributed by atoms with Crippen molar-refractivity contribution in [3.8, 4) is 11.4 Å². The Bertz CT molecular complexity index is 1540. The molecular formula is C24H16N4O2. The Morgan fingerprint density at radius 3 is 2.43 bits per heavy atom. The smallest absolute Gasteiger partial charge is 0.184 e. The second-order valence-corrected chi connectivity index (χ2v) is 8.11. The molecule has 3 aromatic rings. The third-order valence-corrected chi connectivity index (χ3v) is 6.53. The molecule has 6 heteroatoms. The van der Waals surface area contributed by atoms with Gasteiger partial charge < -0.3 is 9.67 Å². The lowest BCUT2D eigenvalue weighted by Gasteiger charge is -2.43. The molecular weight excluding hydrogens is 376 g/mol. The Hall–Kier alpha value is -3.64. The molecule has 0 fully saturated rings. The highest BCUT2D eigenvalue weighted by molar-refractivity contribution is 5.83. The van der Waals surface area contributed by atoms with Gasteiger partial charge in [0.25, 0.3) is 0 Å². The first-order chi connectivity index (χ1) is 14.7. The number of aliphatic hydroxyl groups is 1. The minimum atomic E-state index is -0.755. The highest BCUT2D eigenvalue weighted by Gasteiger charge is 2.47. The Morgan fingerprint density at radius 2 is 1.60 bits per heavy atom. The van der Waals surface area contributed by atoms with Gasteiger partial charge in [0, 0.05) is 17.9 Å². The average molecular weight is 392 g/mol. The molecule has 1 aromatic heterocycles. The molecule has 1 N–H and O–H groups in total. The van der Waals surface area contributed by atoms with E-state index in [1.807, 2.05) is 48.5 Å². The summed E-state index contributed by atoms with van der Waals surface area (Å²) in [5.74, 6) is -0.322. The van der Waals surface area contributed by atoms with Crippen LogP contribution in [0.4, 0.5) is 0 Å². The van der Waals surface area contributed by atoms with E-state index in [1.165, 1.54) is 0 Å². The maximum absolute atomic E-state index is 13.0. The first-order valence-corrected chi connectivity index (χ1v) is 10.1. The molecule has 2 aromatic carbocycles. The molecule has 7 rings (SSSR count). The highest BCUT2D eigenvalue weighted by Crippen LogP contribution is 2.48. The monoisotopic (exact) mass is 392 g/mol. The fourth-order valence-electron chi connectivity index (χ4n) is 5.28. The first-order valence-electron chi connectivity index (χ1n) is 10.1. The van der Waals surface area contributed by atoms with Gasteiger partial charge in [-0.05, 0) is 36.4 Å². The zero-order chi connectivity index (χ0) is 20.0. The van der Waals surface area contributed by atoms with Crippen molar-refractivity contribution in [2.75, 3.05) is 0 Å². The van der Waals surface area contributed by atoms with Crippen LogP contribution >= 0.6 is 0 Å². The molecule has 2 aliphatic heterocycles. The number of hydrogen-bond donors (Lipinski definition) is 1. The zero-order valence-corrected chi connectivity index (χ0v) is 15.9. The molecule has 30 heavy (non-hydrogen) atoms. The maximum atomic E-state index is 13.0. The lowest BCUT2D eigenvalue weighted by atomic mass is 9.74. The third kappa shape index (κ3) is 1.91. The van der Waals surface area contributed by atoms with E-state index in [0.717, 1.165) is 44.8 Å². The highest BCUT2D eigenvalue weighted by atomic mass is 16.3. The number of para-hydroxylation sites is 4. The van der Waals surface area contributed by atoms with Crippen molar-refractivity contribution >= 4 is 22.1 Å². The van der Waals surface area contributed by atoms with Crippen LogP contribution in [-0.2, 0) is 6.42 Å². The summed E-state index contributed by atoms with van der Waals surface area (Å²) in [6, 6.07) is 18.6. The topological polar surface area (TPSA) is 80.9 Å². The number of nitrogens with zero attached hydrogens (tertiary/aromatic N) is 4. The van der Waals surface area contributed by atoms with Crippen molar-refractivity contribution in [1.82, 2.24) is 19.5 Å². The number of hydrogen-bond acceptors (Lipinski definition) is 5. The Balaban J connectivity index is 1.68. The van der Waals surface area contributed by atoms with Gasteiger partial charge in [-0.2, -0.15) is 0 Å². The fourth-order valence-corrected chi connectivity index (χ4v) is 5.28. The van der Waals surface area contributed by atoms with E-state index in [2.05, 4.69) is 4.57 Å². The van der Waals surface area contributed by atoms with E-state index in [1.54, 1.807) is 12.1 Å². The molecule has 144 valence electrons. The van der Waals surface area contributed by atoms with Gasteiger partial charge in [0.15, 0.2) is 5.43 Å². The second kappa shape index (κ2) is 5.49. The minimum absolute atomic E-state index is 0.0620. The molecule has 0 saturated heterocycles. The Morgan fingerprint density at radius 1 is 0.867 bits per heavy atom. The van der Waals surface area contributed by atoms with Gasteiger partial charge >= 0.3 is 0 Å². The van der Waals surface area contributed by atoms with Gasteiger partial charge in [-0.15, -0.1) is 0 Å². The van der Waals surface area contributed by atoms with Crippen molar-refractivity contribution in [3.05, 3.63) is 87.8 Å². The van der Waals surface area contributed by atoms with Crippen LogP contribution in [-0.4, -0.2) is 30.7 Å². The van der Waals surface area contributed by atoms with Gasteiger partial charge in [0.2, 0.25) is 0 Å². The standard InChI is InChI=1S/C24H16N4O2/c29-19-10-9-16-22-20(19)12-11-17-21(27-14-6-2-1-5-13(14)25-17)23(24(12)30)28(22)18-8-4-3-7-15(18)26-16/h1-10,12,23-24,30H,11H2. The number of fused-ring (bicyclic) bond motifs is 9. The fraction of sp³-hybridized carbons (Fsp3) is 0.167. The molecule has 2 aliphatic carbocycles. The van der Waals surface area contributed by atoms with Gasteiger partial charge in [-0.1, -0.05) is 24.3 Å². The van der Waals surface area contributed by atoms with E-state index in [-0.39, 0.29) is 11.3 Å². The van der Waals surface area contributed by atoms with Gasteiger partial charge in [0.05, 0.1) is 50.9 Å². The van der Waals surface area contributed by atoms with Crippen molar-refractivity contribution in [2.45, 2.75) is 24.5 Å². The number of benzene rings is 3. The molecule has 3 unspecified atom stereocenters. The average Bonchev–Trinajstić information content (AvgIpc) is 2.76. The SMILES string of the molecule is O=c1ccc2nc3ccccc3n3c-2c1C1Cc2nc4ccccc4nc2C3C1O. The van der Waals surface area contributed by atoms with Gasteiger partial charge in [-0.25, -0.2) is 15.0 Å². The van der Waals surface area contributed by atoms with E-state index in [0.29, 0.717) is 12.0 Å². The molecule has 3 atom stereocenters. The van der Waals surface area contributed by atoms with Gasteiger partial charge in [-0.3, -0.25) is 4.79 Å². The number of aliphatic hydroxyl groups excluding tert-OH is 1. The summed E-state index contributed by atoms with van der Waals surface area (Å²) < 4.78 is 2.07. The van der Waals surface area contributed by atoms with E-state index in [4.69, 9.17) is 15.0 Å². The lowest BCUT2D eigenvalue weighted by Crippen LogP contribution is -2.45. The third-order valence-electron chi connectivity index (χ3n) is 6.53. The van der Waals surface area contributed by atoms with Crippen LogP contribution < -0.4 is 5.43 Å². The van der Waals surface area contributed by atoms with E-state index in [9.17, 15) is 9.90 Å². The van der Waals surface area contributed by atoms with Crippen LogP contribution in [0.2, 0.25) is 0 Å². The number of rotatable bonds is 0. The first kappa shape index (κ1) is 16.2. The molecule has 2 bridgehead atoms. The normalized spacial score (nSPS) is 21.8. The summed E-state index contributed by atoms with van der Waals surface area (Å²) in [4.78, 5) is 27.6. The molecule has 4 aliphatic rings. The van der Waals surface area contributed by atoms with Crippen LogP contribution in [0.5, 0.6) is 0 Å². The predicted octanol–water partition coefficient (Wildman–Crippen LogP) is 3.05.